The number of benzene rings is 1. The Morgan fingerprint density at radius 3 is 3.09 bits per heavy atom. The van der Waals surface area contributed by atoms with E-state index in [9.17, 15) is 4.79 Å². The summed E-state index contributed by atoms with van der Waals surface area (Å²) in [5.41, 5.74) is 4.27. The Bertz CT molecular complexity index is 629. The number of allylic oxidation sites excluding steroid dienone is 2. The van der Waals surface area contributed by atoms with E-state index < -0.39 is 0 Å². The quantitative estimate of drug-likeness (QED) is 0.516. The summed E-state index contributed by atoms with van der Waals surface area (Å²) < 4.78 is 5.33. The Labute approximate surface area is 130 Å². The topological polar surface area (TPSA) is 74.5 Å². The minimum atomic E-state index is -0.341. The van der Waals surface area contributed by atoms with Gasteiger partial charge in [-0.2, -0.15) is 10.4 Å². The Morgan fingerprint density at radius 2 is 2.36 bits per heavy atom. The van der Waals surface area contributed by atoms with E-state index in [0.29, 0.717) is 17.2 Å². The number of hydrogen-bond donors (Lipinski definition) is 1. The first kappa shape index (κ1) is 15.8. The van der Waals surface area contributed by atoms with Crippen LogP contribution in [0, 0.1) is 17.2 Å². The molecule has 1 N–H and O–H groups in total. The molecule has 5 nitrogen and oxygen atoms in total. The maximum absolute atomic E-state index is 11.7. The highest BCUT2D eigenvalue weighted by atomic mass is 16.5. The number of carbonyl (C=O) groups is 1. The molecule has 0 aromatic heterocycles. The highest BCUT2D eigenvalue weighted by Crippen LogP contribution is 2.21. The van der Waals surface area contributed by atoms with Crippen LogP contribution in [0.4, 0.5) is 0 Å². The van der Waals surface area contributed by atoms with Gasteiger partial charge in [-0.25, -0.2) is 5.43 Å². The number of nitriles is 1. The van der Waals surface area contributed by atoms with E-state index in [1.54, 1.807) is 30.5 Å². The highest BCUT2D eigenvalue weighted by molar-refractivity contribution is 5.78. The van der Waals surface area contributed by atoms with Crippen LogP contribution in [0.3, 0.4) is 0 Å². The summed E-state index contributed by atoms with van der Waals surface area (Å²) in [6, 6.07) is 8.82. The van der Waals surface area contributed by atoms with E-state index in [4.69, 9.17) is 10.00 Å². The van der Waals surface area contributed by atoms with Gasteiger partial charge in [0.25, 0.3) is 5.91 Å². The summed E-state index contributed by atoms with van der Waals surface area (Å²) in [4.78, 5) is 11.7. The average Bonchev–Trinajstić information content (AvgIpc) is 2.55. The summed E-state index contributed by atoms with van der Waals surface area (Å²) in [6.07, 6.45) is 7.11. The first-order chi connectivity index (χ1) is 10.7. The molecule has 1 aliphatic rings. The van der Waals surface area contributed by atoms with Crippen LogP contribution >= 0.6 is 0 Å². The zero-order chi connectivity index (χ0) is 15.8. The number of hydrogen-bond acceptors (Lipinski definition) is 4. The molecule has 0 fully saturated rings. The molecule has 114 valence electrons. The maximum atomic E-state index is 11.7. The summed E-state index contributed by atoms with van der Waals surface area (Å²) in [7, 11) is 0. The first-order valence-corrected chi connectivity index (χ1v) is 7.28. The van der Waals surface area contributed by atoms with Crippen molar-refractivity contribution < 1.29 is 9.53 Å². The molecule has 0 bridgehead atoms. The van der Waals surface area contributed by atoms with Gasteiger partial charge in [-0.15, -0.1) is 0 Å². The lowest BCUT2D eigenvalue weighted by Crippen LogP contribution is -2.25. The van der Waals surface area contributed by atoms with Crippen LogP contribution in [-0.4, -0.2) is 18.7 Å². The number of amides is 1. The fourth-order valence-electron chi connectivity index (χ4n) is 2.20. The van der Waals surface area contributed by atoms with Gasteiger partial charge < -0.3 is 4.74 Å². The SMILES string of the molecule is CC1=CC[C@H](C=NNC(=O)COc2ccccc2C#N)CC1. The van der Waals surface area contributed by atoms with Crippen LogP contribution < -0.4 is 10.2 Å². The van der Waals surface area contributed by atoms with E-state index >= 15 is 0 Å². The van der Waals surface area contributed by atoms with E-state index in [-0.39, 0.29) is 12.5 Å². The van der Waals surface area contributed by atoms with Crippen molar-refractivity contribution in [2.24, 2.45) is 11.0 Å². The van der Waals surface area contributed by atoms with Crippen LogP contribution in [0.15, 0.2) is 41.0 Å². The van der Waals surface area contributed by atoms with Crippen LogP contribution in [0.5, 0.6) is 5.75 Å². The van der Waals surface area contributed by atoms with Crippen molar-refractivity contribution in [1.29, 1.82) is 5.26 Å². The molecule has 1 aromatic carbocycles. The van der Waals surface area contributed by atoms with Gasteiger partial charge >= 0.3 is 0 Å². The number of nitrogens with one attached hydrogen (secondary N) is 1. The van der Waals surface area contributed by atoms with Gasteiger partial charge in [0.15, 0.2) is 6.61 Å². The summed E-state index contributed by atoms with van der Waals surface area (Å²) in [5, 5.41) is 12.9. The van der Waals surface area contributed by atoms with Crippen molar-refractivity contribution in [2.75, 3.05) is 6.61 Å². The zero-order valence-electron chi connectivity index (χ0n) is 12.6. The smallest absolute Gasteiger partial charge is 0.277 e. The zero-order valence-corrected chi connectivity index (χ0v) is 12.6. The predicted molar refractivity (Wildman–Crippen MR) is 84.4 cm³/mol. The molecule has 0 saturated heterocycles. The van der Waals surface area contributed by atoms with Gasteiger partial charge in [-0.1, -0.05) is 23.8 Å². The van der Waals surface area contributed by atoms with Crippen molar-refractivity contribution in [3.8, 4) is 11.8 Å². The van der Waals surface area contributed by atoms with Crippen LogP contribution in [-0.2, 0) is 4.79 Å². The molecule has 1 atom stereocenters. The molecule has 0 heterocycles. The van der Waals surface area contributed by atoms with Crippen molar-refractivity contribution in [3.63, 3.8) is 0 Å². The average molecular weight is 297 g/mol. The second-order valence-corrected chi connectivity index (χ2v) is 5.29. The van der Waals surface area contributed by atoms with Gasteiger partial charge in [-0.3, -0.25) is 4.79 Å². The third kappa shape index (κ3) is 4.74. The van der Waals surface area contributed by atoms with Crippen molar-refractivity contribution >= 4 is 12.1 Å². The lowest BCUT2D eigenvalue weighted by atomic mass is 9.91. The second kappa shape index (κ2) is 7.99. The van der Waals surface area contributed by atoms with Gasteiger partial charge in [0.1, 0.15) is 11.8 Å². The molecular weight excluding hydrogens is 278 g/mol. The number of ether oxygens (including phenoxy) is 1. The maximum Gasteiger partial charge on any atom is 0.277 e. The van der Waals surface area contributed by atoms with Crippen LogP contribution in [0.1, 0.15) is 31.7 Å². The monoisotopic (exact) mass is 297 g/mol. The Balaban J connectivity index is 1.75. The van der Waals surface area contributed by atoms with Gasteiger partial charge in [0.2, 0.25) is 0 Å². The number of carbonyl (C=O) groups excluding carboxylic acids is 1. The van der Waals surface area contributed by atoms with Gasteiger partial charge in [-0.05, 0) is 44.2 Å². The predicted octanol–water partition coefficient (Wildman–Crippen LogP) is 2.79. The minimum absolute atomic E-state index is 0.167. The van der Waals surface area contributed by atoms with Gasteiger partial charge in [0.05, 0.1) is 5.56 Å². The standard InChI is InChI=1S/C17H19N3O2/c1-13-6-8-14(9-7-13)11-19-20-17(21)12-22-16-5-3-2-4-15(16)10-18/h2-6,11,14H,7-9,12H2,1H3,(H,20,21)/t14-/m0/s1. The number of nitrogens with zero attached hydrogens (tertiary/aromatic N) is 2. The molecule has 1 aromatic rings. The van der Waals surface area contributed by atoms with E-state index in [1.165, 1.54) is 5.57 Å². The van der Waals surface area contributed by atoms with E-state index in [0.717, 1.165) is 19.3 Å². The Hall–Kier alpha value is -2.61. The normalized spacial score (nSPS) is 17.6. The first-order valence-electron chi connectivity index (χ1n) is 7.28. The molecular formula is C17H19N3O2. The van der Waals surface area contributed by atoms with Crippen molar-refractivity contribution in [1.82, 2.24) is 5.43 Å². The van der Waals surface area contributed by atoms with Gasteiger partial charge in [0, 0.05) is 6.21 Å². The Morgan fingerprint density at radius 1 is 1.55 bits per heavy atom. The lowest BCUT2D eigenvalue weighted by molar-refractivity contribution is -0.123. The summed E-state index contributed by atoms with van der Waals surface area (Å²) in [5.74, 6) is 0.438. The largest absolute Gasteiger partial charge is 0.482 e. The molecule has 0 unspecified atom stereocenters. The molecule has 0 spiro atoms. The highest BCUT2D eigenvalue weighted by Gasteiger charge is 2.10. The van der Waals surface area contributed by atoms with Crippen LogP contribution in [0.2, 0.25) is 0 Å². The number of rotatable bonds is 5. The fourth-order valence-corrected chi connectivity index (χ4v) is 2.20. The molecule has 22 heavy (non-hydrogen) atoms. The molecule has 2 rings (SSSR count). The Kier molecular flexibility index (Phi) is 5.73. The number of hydrazone groups is 1. The van der Waals surface area contributed by atoms with Crippen molar-refractivity contribution in [2.45, 2.75) is 26.2 Å². The molecule has 1 aliphatic carbocycles. The minimum Gasteiger partial charge on any atom is -0.482 e. The molecule has 5 heteroatoms. The molecule has 0 radical (unpaired) electrons. The summed E-state index contributed by atoms with van der Waals surface area (Å²) in [6.45, 7) is 1.96. The van der Waals surface area contributed by atoms with E-state index in [1.807, 2.05) is 6.07 Å². The molecule has 1 amide bonds. The second-order valence-electron chi connectivity index (χ2n) is 5.29. The number of para-hydroxylation sites is 1. The third-order valence-corrected chi connectivity index (χ3v) is 3.52. The fraction of sp³-hybridized carbons (Fsp3) is 0.353. The third-order valence-electron chi connectivity index (χ3n) is 3.52. The lowest BCUT2D eigenvalue weighted by Gasteiger charge is -2.15. The molecule has 0 aliphatic heterocycles. The van der Waals surface area contributed by atoms with Crippen molar-refractivity contribution in [3.05, 3.63) is 41.5 Å². The van der Waals surface area contributed by atoms with Crippen LogP contribution in [0.25, 0.3) is 0 Å². The molecule has 0 saturated carbocycles. The van der Waals surface area contributed by atoms with E-state index in [2.05, 4.69) is 23.5 Å². The summed E-state index contributed by atoms with van der Waals surface area (Å²) >= 11 is 0.